The second-order valence-corrected chi connectivity index (χ2v) is 4.69. The van der Waals surface area contributed by atoms with Gasteiger partial charge in [-0.15, -0.1) is 5.10 Å². The fraction of sp³-hybridized carbons (Fsp3) is 0.308. The zero-order valence-electron chi connectivity index (χ0n) is 12.3. The third-order valence-corrected chi connectivity index (χ3v) is 2.81. The van der Waals surface area contributed by atoms with Gasteiger partial charge >= 0.3 is 12.1 Å². The van der Waals surface area contributed by atoms with Crippen molar-refractivity contribution in [1.29, 1.82) is 0 Å². The van der Waals surface area contributed by atoms with Gasteiger partial charge in [-0.3, -0.25) is 4.79 Å². The molecule has 0 fully saturated rings. The second kappa shape index (κ2) is 7.06. The van der Waals surface area contributed by atoms with Crippen LogP contribution < -0.4 is 5.32 Å². The normalized spacial score (nSPS) is 12.5. The summed E-state index contributed by atoms with van der Waals surface area (Å²) in [5.74, 6) is -1.91. The third-order valence-electron chi connectivity index (χ3n) is 2.81. The van der Waals surface area contributed by atoms with Crippen LogP contribution in [0.5, 0.6) is 0 Å². The molecule has 1 atom stereocenters. The minimum atomic E-state index is -4.54. The van der Waals surface area contributed by atoms with Gasteiger partial charge in [0, 0.05) is 0 Å². The zero-order chi connectivity index (χ0) is 17.7. The van der Waals surface area contributed by atoms with Crippen LogP contribution in [0.25, 0.3) is 5.69 Å². The predicted octanol–water partition coefficient (Wildman–Crippen LogP) is 0.886. The number of carbonyl (C=O) groups is 2. The molecule has 2 aromatic rings. The molecule has 2 rings (SSSR count). The number of hydrogen-bond acceptors (Lipinski definition) is 6. The molecule has 0 saturated carbocycles. The molecule has 0 aliphatic carbocycles. The average Bonchev–Trinajstić information content (AvgIpc) is 3.06. The Balaban J connectivity index is 1.99. The smallest absolute Gasteiger partial charge is 0.405 e. The Morgan fingerprint density at radius 2 is 2.12 bits per heavy atom. The lowest BCUT2D eigenvalue weighted by molar-refractivity contribution is -0.143. The van der Waals surface area contributed by atoms with Crippen molar-refractivity contribution in [1.82, 2.24) is 25.5 Å². The lowest BCUT2D eigenvalue weighted by Crippen LogP contribution is -2.40. The number of aromatic nitrogens is 4. The Morgan fingerprint density at radius 3 is 2.75 bits per heavy atom. The molecular formula is C13H12F3N5O3. The molecule has 24 heavy (non-hydrogen) atoms. The van der Waals surface area contributed by atoms with E-state index < -0.39 is 30.7 Å². The summed E-state index contributed by atoms with van der Waals surface area (Å²) in [7, 11) is 0. The zero-order valence-corrected chi connectivity index (χ0v) is 12.3. The number of tetrazole rings is 1. The average molecular weight is 343 g/mol. The maximum atomic E-state index is 12.0. The van der Waals surface area contributed by atoms with Gasteiger partial charge in [0.25, 0.3) is 5.91 Å². The van der Waals surface area contributed by atoms with E-state index in [0.29, 0.717) is 5.69 Å². The first-order valence-electron chi connectivity index (χ1n) is 6.65. The van der Waals surface area contributed by atoms with E-state index in [1.54, 1.807) is 17.4 Å². The monoisotopic (exact) mass is 343 g/mol. The van der Waals surface area contributed by atoms with Crippen LogP contribution in [-0.4, -0.2) is 50.9 Å². The highest BCUT2D eigenvalue weighted by Crippen LogP contribution is 2.13. The number of carbonyl (C=O) groups excluding carboxylic acids is 2. The van der Waals surface area contributed by atoms with Gasteiger partial charge in [-0.05, 0) is 35.5 Å². The predicted molar refractivity (Wildman–Crippen MR) is 73.1 cm³/mol. The van der Waals surface area contributed by atoms with Crippen molar-refractivity contribution in [3.05, 3.63) is 36.2 Å². The highest BCUT2D eigenvalue weighted by Gasteiger charge is 2.29. The number of alkyl halides is 3. The summed E-state index contributed by atoms with van der Waals surface area (Å²) in [5, 5.41) is 12.2. The molecule has 0 spiro atoms. The minimum absolute atomic E-state index is 0.0958. The first-order valence-corrected chi connectivity index (χ1v) is 6.65. The van der Waals surface area contributed by atoms with Gasteiger partial charge in [0.15, 0.2) is 6.10 Å². The topological polar surface area (TPSA) is 99.0 Å². The number of esters is 1. The molecule has 11 heteroatoms. The highest BCUT2D eigenvalue weighted by atomic mass is 19.4. The number of amides is 1. The minimum Gasteiger partial charge on any atom is -0.449 e. The Bertz CT molecular complexity index is 718. The molecule has 1 aromatic carbocycles. The molecular weight excluding hydrogens is 331 g/mol. The highest BCUT2D eigenvalue weighted by molar-refractivity contribution is 5.92. The molecule has 0 bridgehead atoms. The van der Waals surface area contributed by atoms with E-state index in [9.17, 15) is 22.8 Å². The molecule has 1 heterocycles. The van der Waals surface area contributed by atoms with E-state index in [4.69, 9.17) is 4.74 Å². The van der Waals surface area contributed by atoms with E-state index >= 15 is 0 Å². The second-order valence-electron chi connectivity index (χ2n) is 4.69. The Kier molecular flexibility index (Phi) is 5.11. The number of hydrogen-bond donors (Lipinski definition) is 1. The Labute approximate surface area is 133 Å². The van der Waals surface area contributed by atoms with Crippen LogP contribution in [-0.2, 0) is 9.53 Å². The maximum Gasteiger partial charge on any atom is 0.405 e. The van der Waals surface area contributed by atoms with Gasteiger partial charge in [0.1, 0.15) is 12.9 Å². The molecule has 0 unspecified atom stereocenters. The van der Waals surface area contributed by atoms with Crippen LogP contribution >= 0.6 is 0 Å². The van der Waals surface area contributed by atoms with Gasteiger partial charge in [0.2, 0.25) is 0 Å². The van der Waals surface area contributed by atoms with E-state index in [-0.39, 0.29) is 5.56 Å². The van der Waals surface area contributed by atoms with Crippen LogP contribution in [0, 0.1) is 0 Å². The quantitative estimate of drug-likeness (QED) is 0.810. The fourth-order valence-corrected chi connectivity index (χ4v) is 1.67. The van der Waals surface area contributed by atoms with E-state index in [1.165, 1.54) is 30.1 Å². The van der Waals surface area contributed by atoms with Crippen molar-refractivity contribution in [2.45, 2.75) is 19.2 Å². The lowest BCUT2D eigenvalue weighted by Gasteiger charge is -2.14. The van der Waals surface area contributed by atoms with Crippen LogP contribution in [0.1, 0.15) is 17.3 Å². The third kappa shape index (κ3) is 4.76. The summed E-state index contributed by atoms with van der Waals surface area (Å²) in [6, 6.07) is 6.02. The van der Waals surface area contributed by atoms with Gasteiger partial charge < -0.3 is 10.1 Å². The summed E-state index contributed by atoms with van der Waals surface area (Å²) in [4.78, 5) is 23.5. The molecule has 8 nitrogen and oxygen atoms in total. The van der Waals surface area contributed by atoms with Crippen LogP contribution in [0.4, 0.5) is 13.2 Å². The van der Waals surface area contributed by atoms with Crippen molar-refractivity contribution < 1.29 is 27.5 Å². The molecule has 0 saturated heterocycles. The number of benzene rings is 1. The van der Waals surface area contributed by atoms with Gasteiger partial charge in [0.05, 0.1) is 11.3 Å². The van der Waals surface area contributed by atoms with Crippen molar-refractivity contribution >= 4 is 11.9 Å². The number of nitrogens with zero attached hydrogens (tertiary/aromatic N) is 4. The molecule has 0 aliphatic rings. The van der Waals surface area contributed by atoms with Gasteiger partial charge in [-0.1, -0.05) is 6.07 Å². The number of nitrogens with one attached hydrogen (secondary N) is 1. The van der Waals surface area contributed by atoms with Crippen molar-refractivity contribution in [2.24, 2.45) is 0 Å². The van der Waals surface area contributed by atoms with Crippen LogP contribution in [0.15, 0.2) is 30.6 Å². The molecule has 128 valence electrons. The van der Waals surface area contributed by atoms with Gasteiger partial charge in [-0.2, -0.15) is 13.2 Å². The Hall–Kier alpha value is -2.98. The van der Waals surface area contributed by atoms with Gasteiger partial charge in [-0.25, -0.2) is 9.48 Å². The fourth-order valence-electron chi connectivity index (χ4n) is 1.67. The molecule has 1 amide bonds. The lowest BCUT2D eigenvalue weighted by atomic mass is 10.2. The number of halogens is 3. The van der Waals surface area contributed by atoms with Crippen molar-refractivity contribution in [3.63, 3.8) is 0 Å². The summed E-state index contributed by atoms with van der Waals surface area (Å²) in [6.07, 6.45) is -4.60. The first kappa shape index (κ1) is 17.4. The summed E-state index contributed by atoms with van der Waals surface area (Å²) in [5.41, 5.74) is 0.571. The van der Waals surface area contributed by atoms with E-state index in [1.807, 2.05) is 0 Å². The van der Waals surface area contributed by atoms with Crippen LogP contribution in [0.3, 0.4) is 0 Å². The van der Waals surface area contributed by atoms with E-state index in [2.05, 4.69) is 15.5 Å². The summed E-state index contributed by atoms with van der Waals surface area (Å²) >= 11 is 0. The summed E-state index contributed by atoms with van der Waals surface area (Å²) < 4.78 is 42.3. The van der Waals surface area contributed by atoms with E-state index in [0.717, 1.165) is 0 Å². The Morgan fingerprint density at radius 1 is 1.38 bits per heavy atom. The largest absolute Gasteiger partial charge is 0.449 e. The molecule has 1 aromatic heterocycles. The standard InChI is InChI=1S/C13H12F3N5O3/c1-8(11(22)17-6-13(14,15)16)24-12(23)9-3-2-4-10(5-9)21-7-18-19-20-21/h2-5,7-8H,6H2,1H3,(H,17,22)/t8-/m0/s1. The van der Waals surface area contributed by atoms with Crippen molar-refractivity contribution in [3.8, 4) is 5.69 Å². The first-order chi connectivity index (χ1) is 11.3. The SMILES string of the molecule is C[C@H](OC(=O)c1cccc(-n2cnnn2)c1)C(=O)NCC(F)(F)F. The molecule has 0 radical (unpaired) electrons. The number of ether oxygens (including phenoxy) is 1. The molecule has 1 N–H and O–H groups in total. The molecule has 0 aliphatic heterocycles. The van der Waals surface area contributed by atoms with Crippen molar-refractivity contribution in [2.75, 3.05) is 6.54 Å². The number of rotatable bonds is 5. The maximum absolute atomic E-state index is 12.0. The van der Waals surface area contributed by atoms with Crippen LogP contribution in [0.2, 0.25) is 0 Å². The summed E-state index contributed by atoms with van der Waals surface area (Å²) in [6.45, 7) is -0.322.